The molecule has 0 amide bonds. The van der Waals surface area contributed by atoms with Crippen molar-refractivity contribution in [2.24, 2.45) is 7.05 Å². The topological polar surface area (TPSA) is 50.9 Å². The predicted molar refractivity (Wildman–Crippen MR) is 63.8 cm³/mol. The molecule has 2 rings (SSSR count). The van der Waals surface area contributed by atoms with E-state index in [-0.39, 0.29) is 0 Å². The molecule has 4 nitrogen and oxygen atoms in total. The largest absolute Gasteiger partial charge is 0.377 e. The Morgan fingerprint density at radius 1 is 1.41 bits per heavy atom. The van der Waals surface area contributed by atoms with Crippen LogP contribution in [-0.4, -0.2) is 19.9 Å². The quantitative estimate of drug-likeness (QED) is 0.922. The standard InChI is InChI=1S/C11H11BrFN3O/c1-11(17,9-4-3-7(13)5-14-9)10-8(12)6-15-16(10)2/h3-6,17H,1-2H3. The molecule has 90 valence electrons. The molecule has 0 aliphatic heterocycles. The van der Waals surface area contributed by atoms with Crippen molar-refractivity contribution in [1.29, 1.82) is 0 Å². The van der Waals surface area contributed by atoms with Gasteiger partial charge in [0.2, 0.25) is 0 Å². The Morgan fingerprint density at radius 2 is 2.12 bits per heavy atom. The summed E-state index contributed by atoms with van der Waals surface area (Å²) in [7, 11) is 1.72. The normalized spacial score (nSPS) is 14.6. The molecule has 2 heterocycles. The highest BCUT2D eigenvalue weighted by molar-refractivity contribution is 9.10. The van der Waals surface area contributed by atoms with Gasteiger partial charge in [-0.2, -0.15) is 5.10 Å². The average molecular weight is 300 g/mol. The number of aromatic nitrogens is 3. The summed E-state index contributed by atoms with van der Waals surface area (Å²) < 4.78 is 15.0. The molecule has 0 radical (unpaired) electrons. The Morgan fingerprint density at radius 3 is 2.59 bits per heavy atom. The molecular formula is C11H11BrFN3O. The highest BCUT2D eigenvalue weighted by Crippen LogP contribution is 2.32. The molecule has 0 saturated heterocycles. The summed E-state index contributed by atoms with van der Waals surface area (Å²) in [6.45, 7) is 1.59. The highest BCUT2D eigenvalue weighted by atomic mass is 79.9. The van der Waals surface area contributed by atoms with Gasteiger partial charge < -0.3 is 5.11 Å². The lowest BCUT2D eigenvalue weighted by atomic mass is 9.97. The van der Waals surface area contributed by atoms with E-state index in [0.29, 0.717) is 15.9 Å². The minimum atomic E-state index is -1.34. The van der Waals surface area contributed by atoms with E-state index in [4.69, 9.17) is 0 Å². The fraction of sp³-hybridized carbons (Fsp3) is 0.273. The van der Waals surface area contributed by atoms with Crippen LogP contribution in [-0.2, 0) is 12.6 Å². The zero-order chi connectivity index (χ0) is 12.6. The maximum absolute atomic E-state index is 12.8. The number of hydrogen-bond donors (Lipinski definition) is 1. The summed E-state index contributed by atoms with van der Waals surface area (Å²) in [5, 5.41) is 14.6. The summed E-state index contributed by atoms with van der Waals surface area (Å²) in [6.07, 6.45) is 2.67. The Hall–Kier alpha value is -1.27. The van der Waals surface area contributed by atoms with E-state index in [1.54, 1.807) is 24.9 Å². The molecule has 0 spiro atoms. The Bertz CT molecular complexity index is 517. The zero-order valence-electron chi connectivity index (χ0n) is 9.35. The summed E-state index contributed by atoms with van der Waals surface area (Å²) in [5.41, 5.74) is -0.405. The molecule has 1 atom stereocenters. The van der Waals surface area contributed by atoms with E-state index in [1.807, 2.05) is 0 Å². The predicted octanol–water partition coefficient (Wildman–Crippen LogP) is 1.97. The number of hydrogen-bond acceptors (Lipinski definition) is 3. The Labute approximate surface area is 106 Å². The van der Waals surface area contributed by atoms with Crippen LogP contribution in [0.25, 0.3) is 0 Å². The third kappa shape index (κ3) is 2.10. The number of halogens is 2. The first-order valence-corrected chi connectivity index (χ1v) is 5.74. The van der Waals surface area contributed by atoms with Crippen LogP contribution in [0.1, 0.15) is 18.3 Å². The fourth-order valence-electron chi connectivity index (χ4n) is 1.74. The molecule has 0 saturated carbocycles. The maximum atomic E-state index is 12.8. The van der Waals surface area contributed by atoms with Gasteiger partial charge in [0.1, 0.15) is 11.4 Å². The Kier molecular flexibility index (Phi) is 3.01. The molecule has 0 aliphatic carbocycles. The van der Waals surface area contributed by atoms with Crippen molar-refractivity contribution >= 4 is 15.9 Å². The van der Waals surface area contributed by atoms with E-state index in [2.05, 4.69) is 26.0 Å². The first kappa shape index (κ1) is 12.2. The van der Waals surface area contributed by atoms with Gasteiger partial charge in [-0.1, -0.05) is 0 Å². The van der Waals surface area contributed by atoms with Gasteiger partial charge in [0.05, 0.1) is 28.3 Å². The number of pyridine rings is 1. The van der Waals surface area contributed by atoms with Gasteiger partial charge in [-0.15, -0.1) is 0 Å². The number of aliphatic hydroxyl groups is 1. The van der Waals surface area contributed by atoms with Gasteiger partial charge in [0, 0.05) is 7.05 Å². The van der Waals surface area contributed by atoms with Gasteiger partial charge in [0.25, 0.3) is 0 Å². The number of rotatable bonds is 2. The third-order valence-electron chi connectivity index (χ3n) is 2.58. The molecule has 0 aromatic carbocycles. The van der Waals surface area contributed by atoms with Crippen LogP contribution in [0.3, 0.4) is 0 Å². The van der Waals surface area contributed by atoms with Crippen LogP contribution in [0, 0.1) is 5.82 Å². The summed E-state index contributed by atoms with van der Waals surface area (Å²) in [6, 6.07) is 2.72. The molecule has 2 aromatic heterocycles. The molecular weight excluding hydrogens is 289 g/mol. The van der Waals surface area contributed by atoms with Crippen LogP contribution in [0.4, 0.5) is 4.39 Å². The first-order chi connectivity index (χ1) is 7.93. The lowest BCUT2D eigenvalue weighted by molar-refractivity contribution is 0.0873. The third-order valence-corrected chi connectivity index (χ3v) is 3.16. The van der Waals surface area contributed by atoms with Crippen molar-refractivity contribution in [3.8, 4) is 0 Å². The second-order valence-electron chi connectivity index (χ2n) is 3.90. The lowest BCUT2D eigenvalue weighted by Gasteiger charge is -2.23. The van der Waals surface area contributed by atoms with Crippen molar-refractivity contribution in [2.75, 3.05) is 0 Å². The van der Waals surface area contributed by atoms with E-state index in [1.165, 1.54) is 12.1 Å². The summed E-state index contributed by atoms with van der Waals surface area (Å²) in [4.78, 5) is 3.90. The van der Waals surface area contributed by atoms with Crippen LogP contribution in [0.2, 0.25) is 0 Å². The smallest absolute Gasteiger partial charge is 0.146 e. The van der Waals surface area contributed by atoms with E-state index < -0.39 is 11.4 Å². The maximum Gasteiger partial charge on any atom is 0.146 e. The number of aryl methyl sites for hydroxylation is 1. The number of nitrogens with zero attached hydrogens (tertiary/aromatic N) is 3. The van der Waals surface area contributed by atoms with Gasteiger partial charge >= 0.3 is 0 Å². The molecule has 0 bridgehead atoms. The van der Waals surface area contributed by atoms with Crippen molar-refractivity contribution in [2.45, 2.75) is 12.5 Å². The van der Waals surface area contributed by atoms with E-state index in [0.717, 1.165) is 6.20 Å². The SMILES string of the molecule is Cn1ncc(Br)c1C(C)(O)c1ccc(F)cn1. The van der Waals surface area contributed by atoms with Gasteiger partial charge in [-0.25, -0.2) is 4.39 Å². The van der Waals surface area contributed by atoms with Crippen molar-refractivity contribution < 1.29 is 9.50 Å². The second-order valence-corrected chi connectivity index (χ2v) is 4.75. The molecule has 2 aromatic rings. The minimum Gasteiger partial charge on any atom is -0.377 e. The van der Waals surface area contributed by atoms with Crippen LogP contribution in [0.5, 0.6) is 0 Å². The monoisotopic (exact) mass is 299 g/mol. The van der Waals surface area contributed by atoms with Crippen LogP contribution >= 0.6 is 15.9 Å². The second kappa shape index (κ2) is 4.19. The molecule has 1 unspecified atom stereocenters. The molecule has 1 N–H and O–H groups in total. The highest BCUT2D eigenvalue weighted by Gasteiger charge is 2.32. The van der Waals surface area contributed by atoms with Gasteiger partial charge in [-0.05, 0) is 35.0 Å². The van der Waals surface area contributed by atoms with Crippen molar-refractivity contribution in [3.63, 3.8) is 0 Å². The van der Waals surface area contributed by atoms with Gasteiger partial charge in [0.15, 0.2) is 0 Å². The minimum absolute atomic E-state index is 0.364. The molecule has 0 fully saturated rings. The lowest BCUT2D eigenvalue weighted by Crippen LogP contribution is -2.27. The van der Waals surface area contributed by atoms with Gasteiger partial charge in [-0.3, -0.25) is 9.67 Å². The Balaban J connectivity index is 2.53. The zero-order valence-corrected chi connectivity index (χ0v) is 10.9. The van der Waals surface area contributed by atoms with E-state index in [9.17, 15) is 9.50 Å². The first-order valence-electron chi connectivity index (χ1n) is 4.95. The fourth-order valence-corrected chi connectivity index (χ4v) is 2.48. The van der Waals surface area contributed by atoms with E-state index >= 15 is 0 Å². The molecule has 6 heteroatoms. The van der Waals surface area contributed by atoms with Crippen molar-refractivity contribution in [3.05, 3.63) is 46.2 Å². The van der Waals surface area contributed by atoms with Crippen molar-refractivity contribution in [1.82, 2.24) is 14.8 Å². The summed E-state index contributed by atoms with van der Waals surface area (Å²) >= 11 is 3.32. The molecule has 17 heavy (non-hydrogen) atoms. The average Bonchev–Trinajstić information content (AvgIpc) is 2.59. The van der Waals surface area contributed by atoms with Crippen LogP contribution in [0.15, 0.2) is 29.0 Å². The molecule has 0 aliphatic rings. The summed E-state index contributed by atoms with van der Waals surface area (Å²) in [5.74, 6) is -0.436. The van der Waals surface area contributed by atoms with Crippen LogP contribution < -0.4 is 0 Å².